The lowest BCUT2D eigenvalue weighted by molar-refractivity contribution is 0.175. The zero-order valence-corrected chi connectivity index (χ0v) is 13.5. The van der Waals surface area contributed by atoms with E-state index in [4.69, 9.17) is 27.9 Å². The molecule has 1 aliphatic rings. The highest BCUT2D eigenvalue weighted by molar-refractivity contribution is 6.31. The van der Waals surface area contributed by atoms with Crippen molar-refractivity contribution in [1.82, 2.24) is 9.55 Å². The number of alkyl halides is 1. The summed E-state index contributed by atoms with van der Waals surface area (Å²) in [6.45, 7) is 5.50. The monoisotopic (exact) mass is 330 g/mol. The van der Waals surface area contributed by atoms with Crippen LogP contribution in [0.2, 0.25) is 5.02 Å². The lowest BCUT2D eigenvalue weighted by atomic mass is 10.00. The van der Waals surface area contributed by atoms with Crippen molar-refractivity contribution in [2.75, 3.05) is 13.2 Å². The maximum atomic E-state index is 13.7. The van der Waals surface area contributed by atoms with Crippen LogP contribution in [0.3, 0.4) is 0 Å². The molecular formula is C15H17Cl2FN2O. The van der Waals surface area contributed by atoms with Crippen molar-refractivity contribution in [1.29, 1.82) is 0 Å². The number of imidazole rings is 1. The molecule has 1 aromatic carbocycles. The normalized spacial score (nSPS) is 21.9. The van der Waals surface area contributed by atoms with Gasteiger partial charge in [-0.05, 0) is 26.3 Å². The van der Waals surface area contributed by atoms with Crippen LogP contribution in [-0.4, -0.2) is 22.8 Å². The van der Waals surface area contributed by atoms with E-state index in [1.54, 1.807) is 6.07 Å². The third kappa shape index (κ3) is 2.65. The summed E-state index contributed by atoms with van der Waals surface area (Å²) in [6, 6.07) is 3.18. The Morgan fingerprint density at radius 2 is 2.19 bits per heavy atom. The molecule has 1 fully saturated rings. The molecule has 1 aromatic heterocycles. The molecule has 0 radical (unpaired) electrons. The fraction of sp³-hybridized carbons (Fsp3) is 0.533. The largest absolute Gasteiger partial charge is 0.381 e. The molecule has 3 atom stereocenters. The maximum Gasteiger partial charge on any atom is 0.144 e. The van der Waals surface area contributed by atoms with E-state index >= 15 is 0 Å². The molecule has 0 saturated carbocycles. The number of ether oxygens (including phenoxy) is 1. The third-order valence-corrected chi connectivity index (χ3v) is 4.65. The SMILES string of the molecule is CC(Cl)c1nc2cc(F)c(Cl)cc2n1C(C)C1CCOC1. The molecule has 21 heavy (non-hydrogen) atoms. The van der Waals surface area contributed by atoms with Gasteiger partial charge in [-0.1, -0.05) is 11.6 Å². The molecule has 0 aliphatic carbocycles. The summed E-state index contributed by atoms with van der Waals surface area (Å²) >= 11 is 12.2. The van der Waals surface area contributed by atoms with Gasteiger partial charge in [0.25, 0.3) is 0 Å². The molecule has 3 unspecified atom stereocenters. The highest BCUT2D eigenvalue weighted by atomic mass is 35.5. The zero-order valence-electron chi connectivity index (χ0n) is 11.9. The second-order valence-corrected chi connectivity index (χ2v) is 6.64. The van der Waals surface area contributed by atoms with Crippen LogP contribution in [0.15, 0.2) is 12.1 Å². The smallest absolute Gasteiger partial charge is 0.144 e. The highest BCUT2D eigenvalue weighted by Crippen LogP contribution is 2.35. The molecule has 2 aromatic rings. The highest BCUT2D eigenvalue weighted by Gasteiger charge is 2.28. The van der Waals surface area contributed by atoms with Crippen LogP contribution in [0.25, 0.3) is 11.0 Å². The van der Waals surface area contributed by atoms with Crippen molar-refractivity contribution in [2.45, 2.75) is 31.7 Å². The molecule has 3 rings (SSSR count). The maximum absolute atomic E-state index is 13.7. The van der Waals surface area contributed by atoms with Gasteiger partial charge >= 0.3 is 0 Å². The number of halogens is 3. The lowest BCUT2D eigenvalue weighted by Gasteiger charge is -2.23. The van der Waals surface area contributed by atoms with E-state index in [1.165, 1.54) is 6.07 Å². The van der Waals surface area contributed by atoms with Gasteiger partial charge in [-0.15, -0.1) is 11.6 Å². The van der Waals surface area contributed by atoms with Crippen molar-refractivity contribution in [2.24, 2.45) is 5.92 Å². The van der Waals surface area contributed by atoms with Crippen LogP contribution < -0.4 is 0 Å². The van der Waals surface area contributed by atoms with E-state index in [2.05, 4.69) is 16.5 Å². The first-order chi connectivity index (χ1) is 9.99. The minimum Gasteiger partial charge on any atom is -0.381 e. The van der Waals surface area contributed by atoms with Crippen LogP contribution >= 0.6 is 23.2 Å². The second kappa shape index (κ2) is 5.75. The van der Waals surface area contributed by atoms with E-state index in [1.807, 2.05) is 6.92 Å². The van der Waals surface area contributed by atoms with Crippen molar-refractivity contribution >= 4 is 34.2 Å². The Labute approximate surface area is 133 Å². The predicted molar refractivity (Wildman–Crippen MR) is 82.6 cm³/mol. The summed E-state index contributed by atoms with van der Waals surface area (Å²) in [5.74, 6) is 0.688. The Balaban J connectivity index is 2.17. The van der Waals surface area contributed by atoms with Crippen LogP contribution in [0, 0.1) is 11.7 Å². The first-order valence-electron chi connectivity index (χ1n) is 7.07. The number of hydrogen-bond acceptors (Lipinski definition) is 2. The Morgan fingerprint density at radius 1 is 1.43 bits per heavy atom. The molecular weight excluding hydrogens is 314 g/mol. The third-order valence-electron chi connectivity index (χ3n) is 4.17. The zero-order chi connectivity index (χ0) is 15.1. The van der Waals surface area contributed by atoms with Gasteiger partial charge < -0.3 is 9.30 Å². The molecule has 0 spiro atoms. The van der Waals surface area contributed by atoms with Crippen LogP contribution in [0.1, 0.15) is 37.5 Å². The topological polar surface area (TPSA) is 27.1 Å². The van der Waals surface area contributed by atoms with Crippen molar-refractivity contribution in [3.63, 3.8) is 0 Å². The lowest BCUT2D eigenvalue weighted by Crippen LogP contribution is -2.19. The van der Waals surface area contributed by atoms with Crippen LogP contribution in [0.5, 0.6) is 0 Å². The van der Waals surface area contributed by atoms with Crippen LogP contribution in [-0.2, 0) is 4.74 Å². The van der Waals surface area contributed by atoms with E-state index in [0.717, 1.165) is 31.0 Å². The number of hydrogen-bond donors (Lipinski definition) is 0. The summed E-state index contributed by atoms with van der Waals surface area (Å²) in [5, 5.41) is -0.156. The van der Waals surface area contributed by atoms with Crippen molar-refractivity contribution < 1.29 is 9.13 Å². The Bertz CT molecular complexity index is 665. The van der Waals surface area contributed by atoms with Gasteiger partial charge in [0, 0.05) is 24.6 Å². The predicted octanol–water partition coefficient (Wildman–Crippen LogP) is 4.73. The molecule has 2 heterocycles. The molecule has 114 valence electrons. The quantitative estimate of drug-likeness (QED) is 0.761. The molecule has 1 saturated heterocycles. The fourth-order valence-corrected chi connectivity index (χ4v) is 3.27. The minimum atomic E-state index is -0.459. The van der Waals surface area contributed by atoms with E-state index < -0.39 is 5.82 Å². The minimum absolute atomic E-state index is 0.104. The first kappa shape index (κ1) is 15.1. The van der Waals surface area contributed by atoms with E-state index in [-0.39, 0.29) is 16.4 Å². The fourth-order valence-electron chi connectivity index (χ4n) is 2.96. The van der Waals surface area contributed by atoms with Gasteiger partial charge in [0.05, 0.1) is 28.0 Å². The summed E-state index contributed by atoms with van der Waals surface area (Å²) < 4.78 is 21.2. The van der Waals surface area contributed by atoms with Gasteiger partial charge in [-0.3, -0.25) is 0 Å². The molecule has 3 nitrogen and oxygen atoms in total. The van der Waals surface area contributed by atoms with Gasteiger partial charge in [0.2, 0.25) is 0 Å². The van der Waals surface area contributed by atoms with Gasteiger partial charge in [0.15, 0.2) is 0 Å². The van der Waals surface area contributed by atoms with Crippen molar-refractivity contribution in [3.05, 3.63) is 28.8 Å². The molecule has 0 amide bonds. The van der Waals surface area contributed by atoms with Gasteiger partial charge in [0.1, 0.15) is 11.6 Å². The average molecular weight is 331 g/mol. The number of aromatic nitrogens is 2. The molecule has 6 heteroatoms. The first-order valence-corrected chi connectivity index (χ1v) is 7.89. The second-order valence-electron chi connectivity index (χ2n) is 5.58. The summed E-state index contributed by atoms with van der Waals surface area (Å²) in [7, 11) is 0. The number of rotatable bonds is 3. The molecule has 0 N–H and O–H groups in total. The van der Waals surface area contributed by atoms with Gasteiger partial charge in [-0.25, -0.2) is 9.37 Å². The number of fused-ring (bicyclic) bond motifs is 1. The Kier molecular flexibility index (Phi) is 4.12. The number of nitrogens with zero attached hydrogens (tertiary/aromatic N) is 2. The Morgan fingerprint density at radius 3 is 2.81 bits per heavy atom. The number of benzene rings is 1. The van der Waals surface area contributed by atoms with E-state index in [0.29, 0.717) is 11.4 Å². The standard InChI is InChI=1S/C15H17Cl2FN2O/c1-8(16)15-19-13-6-12(18)11(17)5-14(13)20(15)9(2)10-3-4-21-7-10/h5-6,8-10H,3-4,7H2,1-2H3. The molecule has 1 aliphatic heterocycles. The summed E-state index contributed by atoms with van der Waals surface area (Å²) in [5.41, 5.74) is 1.41. The molecule has 0 bridgehead atoms. The van der Waals surface area contributed by atoms with E-state index in [9.17, 15) is 4.39 Å². The summed E-state index contributed by atoms with van der Waals surface area (Å²) in [6.07, 6.45) is 1.01. The summed E-state index contributed by atoms with van der Waals surface area (Å²) in [4.78, 5) is 4.50. The Hall–Kier alpha value is -0.840. The average Bonchev–Trinajstić information content (AvgIpc) is 3.06. The van der Waals surface area contributed by atoms with Crippen LogP contribution in [0.4, 0.5) is 4.39 Å². The van der Waals surface area contributed by atoms with Crippen molar-refractivity contribution in [3.8, 4) is 0 Å². The van der Waals surface area contributed by atoms with Gasteiger partial charge in [-0.2, -0.15) is 0 Å².